The van der Waals surface area contributed by atoms with Crippen LogP contribution in [0.5, 0.6) is 0 Å². The molecule has 0 radical (unpaired) electrons. The van der Waals surface area contributed by atoms with E-state index >= 15 is 0 Å². The van der Waals surface area contributed by atoms with E-state index in [9.17, 15) is 9.59 Å². The van der Waals surface area contributed by atoms with Gasteiger partial charge < -0.3 is 9.47 Å². The fourth-order valence-corrected chi connectivity index (χ4v) is 4.94. The summed E-state index contributed by atoms with van der Waals surface area (Å²) in [4.78, 5) is 32.3. The van der Waals surface area contributed by atoms with Gasteiger partial charge >= 0.3 is 0 Å². The normalized spacial score (nSPS) is 18.9. The third kappa shape index (κ3) is 3.64. The monoisotopic (exact) mass is 420 g/mol. The molecule has 3 aromatic rings. The Morgan fingerprint density at radius 1 is 1.13 bits per heavy atom. The van der Waals surface area contributed by atoms with Crippen LogP contribution in [-0.2, 0) is 24.3 Å². The van der Waals surface area contributed by atoms with Crippen LogP contribution in [0.4, 0.5) is 0 Å². The van der Waals surface area contributed by atoms with Crippen LogP contribution >= 0.6 is 0 Å². The Bertz CT molecular complexity index is 1180. The first-order chi connectivity index (χ1) is 15.1. The van der Waals surface area contributed by atoms with Gasteiger partial charge in [0.15, 0.2) is 5.82 Å². The lowest BCUT2D eigenvalue weighted by molar-refractivity contribution is -0.132. The van der Waals surface area contributed by atoms with E-state index in [1.54, 1.807) is 17.0 Å². The summed E-state index contributed by atoms with van der Waals surface area (Å²) in [5.41, 5.74) is 1.61. The van der Waals surface area contributed by atoms with Gasteiger partial charge in [0.05, 0.1) is 23.3 Å². The Kier molecular flexibility index (Phi) is 5.29. The number of rotatable bonds is 4. The van der Waals surface area contributed by atoms with Crippen molar-refractivity contribution in [2.45, 2.75) is 71.0 Å². The van der Waals surface area contributed by atoms with Crippen LogP contribution in [0.1, 0.15) is 61.8 Å². The van der Waals surface area contributed by atoms with Crippen molar-refractivity contribution in [1.82, 2.24) is 29.2 Å². The van der Waals surface area contributed by atoms with Crippen molar-refractivity contribution in [3.63, 3.8) is 0 Å². The van der Waals surface area contributed by atoms with Crippen LogP contribution in [-0.4, -0.2) is 41.7 Å². The topological polar surface area (TPSA) is 85.9 Å². The number of para-hydroxylation sites is 1. The van der Waals surface area contributed by atoms with E-state index in [1.165, 1.54) is 6.42 Å². The van der Waals surface area contributed by atoms with Crippen molar-refractivity contribution >= 4 is 16.8 Å². The van der Waals surface area contributed by atoms with Crippen LogP contribution in [0, 0.1) is 6.92 Å². The van der Waals surface area contributed by atoms with Gasteiger partial charge in [-0.05, 0) is 44.2 Å². The molecule has 0 aliphatic carbocycles. The van der Waals surface area contributed by atoms with Gasteiger partial charge in [-0.25, -0.2) is 4.98 Å². The Balaban J connectivity index is 1.33. The summed E-state index contributed by atoms with van der Waals surface area (Å²) >= 11 is 0. The first-order valence-electron chi connectivity index (χ1n) is 11.3. The minimum Gasteiger partial charge on any atom is -0.332 e. The smallest absolute Gasteiger partial charge is 0.261 e. The maximum absolute atomic E-state index is 13.1. The molecule has 1 saturated heterocycles. The minimum atomic E-state index is -0.0951. The van der Waals surface area contributed by atoms with E-state index in [4.69, 9.17) is 0 Å². The molecular weight excluding hydrogens is 392 g/mol. The first kappa shape index (κ1) is 19.9. The molecule has 5 rings (SSSR count). The van der Waals surface area contributed by atoms with Gasteiger partial charge in [-0.15, -0.1) is 10.2 Å². The SMILES string of the molecule is Cc1cccc2c(=O)n(CCC(=O)N3CCCC3c3nnc4n3CCCCC4)cnc12. The Labute approximate surface area is 180 Å². The molecule has 4 heterocycles. The van der Waals surface area contributed by atoms with E-state index in [0.29, 0.717) is 11.9 Å². The zero-order valence-electron chi connectivity index (χ0n) is 18.0. The van der Waals surface area contributed by atoms with E-state index in [-0.39, 0.29) is 23.9 Å². The van der Waals surface area contributed by atoms with Crippen molar-refractivity contribution in [1.29, 1.82) is 0 Å². The fourth-order valence-electron chi connectivity index (χ4n) is 4.94. The summed E-state index contributed by atoms with van der Waals surface area (Å²) in [5.74, 6) is 2.04. The second-order valence-electron chi connectivity index (χ2n) is 8.65. The van der Waals surface area contributed by atoms with E-state index in [0.717, 1.165) is 67.9 Å². The molecule has 1 amide bonds. The number of hydrogen-bond donors (Lipinski definition) is 0. The average Bonchev–Trinajstić information content (AvgIpc) is 3.34. The van der Waals surface area contributed by atoms with Gasteiger partial charge in [0.1, 0.15) is 5.82 Å². The summed E-state index contributed by atoms with van der Waals surface area (Å²) in [6, 6.07) is 5.60. The zero-order chi connectivity index (χ0) is 21.4. The molecule has 8 nitrogen and oxygen atoms in total. The van der Waals surface area contributed by atoms with Crippen molar-refractivity contribution < 1.29 is 4.79 Å². The number of hydrogen-bond acceptors (Lipinski definition) is 5. The number of benzene rings is 1. The highest BCUT2D eigenvalue weighted by Gasteiger charge is 2.34. The average molecular weight is 421 g/mol. The molecule has 0 bridgehead atoms. The van der Waals surface area contributed by atoms with Gasteiger partial charge in [-0.1, -0.05) is 18.6 Å². The lowest BCUT2D eigenvalue weighted by Crippen LogP contribution is -2.33. The first-order valence-corrected chi connectivity index (χ1v) is 11.3. The third-order valence-electron chi connectivity index (χ3n) is 6.63. The van der Waals surface area contributed by atoms with Crippen molar-refractivity contribution in [2.75, 3.05) is 6.54 Å². The third-order valence-corrected chi connectivity index (χ3v) is 6.63. The molecule has 2 aromatic heterocycles. The van der Waals surface area contributed by atoms with E-state index in [1.807, 2.05) is 24.0 Å². The lowest BCUT2D eigenvalue weighted by Gasteiger charge is -2.25. The molecule has 1 unspecified atom stereocenters. The summed E-state index contributed by atoms with van der Waals surface area (Å²) in [6.45, 7) is 3.95. The number of aryl methyl sites for hydroxylation is 3. The van der Waals surface area contributed by atoms with Crippen molar-refractivity contribution in [3.05, 3.63) is 52.1 Å². The Morgan fingerprint density at radius 2 is 2.03 bits per heavy atom. The molecule has 2 aliphatic heterocycles. The van der Waals surface area contributed by atoms with E-state index < -0.39 is 0 Å². The van der Waals surface area contributed by atoms with E-state index in [2.05, 4.69) is 19.7 Å². The summed E-state index contributed by atoms with van der Waals surface area (Å²) in [6.07, 6.45) is 8.18. The van der Waals surface area contributed by atoms with Gasteiger partial charge in [0.2, 0.25) is 5.91 Å². The van der Waals surface area contributed by atoms with Crippen LogP contribution in [0.2, 0.25) is 0 Å². The minimum absolute atomic E-state index is 0.0130. The Hall–Kier alpha value is -3.03. The zero-order valence-corrected chi connectivity index (χ0v) is 18.0. The number of fused-ring (bicyclic) bond motifs is 2. The number of carbonyl (C=O) groups is 1. The largest absolute Gasteiger partial charge is 0.332 e. The molecule has 1 aromatic carbocycles. The molecule has 162 valence electrons. The second-order valence-corrected chi connectivity index (χ2v) is 8.65. The highest BCUT2D eigenvalue weighted by molar-refractivity contribution is 5.80. The molecular formula is C23H28N6O2. The van der Waals surface area contributed by atoms with Gasteiger partial charge in [0, 0.05) is 32.5 Å². The lowest BCUT2D eigenvalue weighted by atomic mass is 10.1. The van der Waals surface area contributed by atoms with Crippen LogP contribution < -0.4 is 5.56 Å². The molecule has 2 aliphatic rings. The molecule has 1 atom stereocenters. The summed E-state index contributed by atoms with van der Waals surface area (Å²) in [7, 11) is 0. The maximum atomic E-state index is 13.1. The standard InChI is InChI=1S/C23H28N6O2/c1-16-7-5-8-17-21(16)24-15-27(23(17)31)14-11-20(30)28-13-6-9-18(28)22-26-25-19-10-3-2-4-12-29(19)22/h5,7-8,15,18H,2-4,6,9-14H2,1H3. The Morgan fingerprint density at radius 3 is 2.94 bits per heavy atom. The highest BCUT2D eigenvalue weighted by Crippen LogP contribution is 2.32. The molecule has 31 heavy (non-hydrogen) atoms. The number of carbonyl (C=O) groups excluding carboxylic acids is 1. The number of amides is 1. The van der Waals surface area contributed by atoms with Crippen LogP contribution in [0.25, 0.3) is 10.9 Å². The number of aromatic nitrogens is 5. The molecule has 0 spiro atoms. The fraction of sp³-hybridized carbons (Fsp3) is 0.522. The predicted octanol–water partition coefficient (Wildman–Crippen LogP) is 2.78. The molecule has 1 fully saturated rings. The molecule has 8 heteroatoms. The number of nitrogens with zero attached hydrogens (tertiary/aromatic N) is 6. The molecule has 0 N–H and O–H groups in total. The second kappa shape index (κ2) is 8.24. The molecule has 0 saturated carbocycles. The summed E-state index contributed by atoms with van der Waals surface area (Å²) < 4.78 is 3.79. The van der Waals surface area contributed by atoms with Gasteiger partial charge in [-0.3, -0.25) is 14.2 Å². The summed E-state index contributed by atoms with van der Waals surface area (Å²) in [5, 5.41) is 9.50. The van der Waals surface area contributed by atoms with Crippen molar-refractivity contribution in [2.24, 2.45) is 0 Å². The van der Waals surface area contributed by atoms with Crippen molar-refractivity contribution in [3.8, 4) is 0 Å². The highest BCUT2D eigenvalue weighted by atomic mass is 16.2. The van der Waals surface area contributed by atoms with Crippen LogP contribution in [0.15, 0.2) is 29.3 Å². The van der Waals surface area contributed by atoms with Crippen LogP contribution in [0.3, 0.4) is 0 Å². The predicted molar refractivity (Wildman–Crippen MR) is 117 cm³/mol. The number of likely N-dealkylation sites (tertiary alicyclic amines) is 1. The van der Waals surface area contributed by atoms with Gasteiger partial charge in [-0.2, -0.15) is 0 Å². The maximum Gasteiger partial charge on any atom is 0.261 e. The van der Waals surface area contributed by atoms with Gasteiger partial charge in [0.25, 0.3) is 5.56 Å². The quantitative estimate of drug-likeness (QED) is 0.648.